The highest BCUT2D eigenvalue weighted by atomic mass is 127. The molecule has 2 N–H and O–H groups in total. The van der Waals surface area contributed by atoms with E-state index in [2.05, 4.69) is 37.8 Å². The van der Waals surface area contributed by atoms with Gasteiger partial charge in [-0.1, -0.05) is 48.5 Å². The molecule has 0 aliphatic carbocycles. The third-order valence-corrected chi connectivity index (χ3v) is 4.57. The highest BCUT2D eigenvalue weighted by molar-refractivity contribution is 14.0. The zero-order valence-electron chi connectivity index (χ0n) is 17.2. The van der Waals surface area contributed by atoms with Crippen LogP contribution in [0.3, 0.4) is 0 Å². The molecule has 0 aliphatic heterocycles. The SMILES string of the molecule is CN=C(NCc1cnn(Cc2ccccc2)c1)NCc1coc(-c2ccccc2)n1.I. The standard InChI is InChI=1S/C23H24N6O.HI/c1-24-23(26-14-21-17-30-22(28-21)20-10-6-3-7-11-20)25-12-19-13-27-29(16-19)15-18-8-4-2-5-9-18;/h2-11,13,16-17H,12,14-15H2,1H3,(H2,24,25,26);1H. The van der Waals surface area contributed by atoms with Crippen LogP contribution in [0.25, 0.3) is 11.5 Å². The maximum atomic E-state index is 5.58. The van der Waals surface area contributed by atoms with Crippen molar-refractivity contribution in [3.63, 3.8) is 0 Å². The summed E-state index contributed by atoms with van der Waals surface area (Å²) in [4.78, 5) is 8.79. The van der Waals surface area contributed by atoms with Crippen LogP contribution in [0.15, 0.2) is 88.7 Å². The highest BCUT2D eigenvalue weighted by Gasteiger charge is 2.07. The van der Waals surface area contributed by atoms with E-state index in [9.17, 15) is 0 Å². The van der Waals surface area contributed by atoms with E-state index in [4.69, 9.17) is 4.42 Å². The molecule has 4 aromatic rings. The summed E-state index contributed by atoms with van der Waals surface area (Å²) in [5.41, 5.74) is 4.08. The van der Waals surface area contributed by atoms with Gasteiger partial charge in [0.05, 0.1) is 25.0 Å². The van der Waals surface area contributed by atoms with Crippen LogP contribution in [0.1, 0.15) is 16.8 Å². The van der Waals surface area contributed by atoms with E-state index in [1.807, 2.05) is 65.6 Å². The van der Waals surface area contributed by atoms with Gasteiger partial charge < -0.3 is 15.1 Å². The zero-order chi connectivity index (χ0) is 20.6. The number of guanidine groups is 1. The molecule has 0 bridgehead atoms. The number of hydrogen-bond donors (Lipinski definition) is 2. The molecular formula is C23H25IN6O. The zero-order valence-corrected chi connectivity index (χ0v) is 19.6. The van der Waals surface area contributed by atoms with E-state index in [0.29, 0.717) is 24.9 Å². The van der Waals surface area contributed by atoms with Crippen molar-refractivity contribution in [2.45, 2.75) is 19.6 Å². The van der Waals surface area contributed by atoms with E-state index in [1.165, 1.54) is 5.56 Å². The van der Waals surface area contributed by atoms with Crippen LogP contribution >= 0.6 is 24.0 Å². The van der Waals surface area contributed by atoms with Gasteiger partial charge in [0.25, 0.3) is 0 Å². The Balaban J connectivity index is 0.00000272. The van der Waals surface area contributed by atoms with Crippen molar-refractivity contribution >= 4 is 29.9 Å². The van der Waals surface area contributed by atoms with E-state index in [0.717, 1.165) is 23.4 Å². The maximum absolute atomic E-state index is 5.58. The third kappa shape index (κ3) is 6.42. The molecule has 2 heterocycles. The molecule has 0 saturated heterocycles. The minimum Gasteiger partial charge on any atom is -0.444 e. The second-order valence-electron chi connectivity index (χ2n) is 6.82. The summed E-state index contributed by atoms with van der Waals surface area (Å²) >= 11 is 0. The quantitative estimate of drug-likeness (QED) is 0.215. The van der Waals surface area contributed by atoms with Crippen molar-refractivity contribution in [1.82, 2.24) is 25.4 Å². The first-order valence-corrected chi connectivity index (χ1v) is 9.80. The Kier molecular flexibility index (Phi) is 8.22. The molecule has 2 aromatic heterocycles. The summed E-state index contributed by atoms with van der Waals surface area (Å²) in [7, 11) is 1.74. The monoisotopic (exact) mass is 528 g/mol. The fourth-order valence-electron chi connectivity index (χ4n) is 3.04. The Morgan fingerprint density at radius 2 is 1.68 bits per heavy atom. The van der Waals surface area contributed by atoms with Gasteiger partial charge in [-0.2, -0.15) is 5.10 Å². The number of aliphatic imine (C=N–C) groups is 1. The number of rotatable bonds is 7. The minimum absolute atomic E-state index is 0. The van der Waals surface area contributed by atoms with Crippen LogP contribution in [-0.4, -0.2) is 27.8 Å². The number of nitrogens with one attached hydrogen (secondary N) is 2. The first kappa shape index (κ1) is 22.5. The molecule has 31 heavy (non-hydrogen) atoms. The molecule has 0 unspecified atom stereocenters. The van der Waals surface area contributed by atoms with Crippen molar-refractivity contribution < 1.29 is 4.42 Å². The van der Waals surface area contributed by atoms with Crippen LogP contribution in [0, 0.1) is 0 Å². The second kappa shape index (κ2) is 11.3. The van der Waals surface area contributed by atoms with Crippen LogP contribution in [-0.2, 0) is 19.6 Å². The summed E-state index contributed by atoms with van der Waals surface area (Å²) in [6, 6.07) is 20.1. The Labute approximate surface area is 198 Å². The van der Waals surface area contributed by atoms with Crippen LogP contribution in [0.5, 0.6) is 0 Å². The fraction of sp³-hybridized carbons (Fsp3) is 0.174. The third-order valence-electron chi connectivity index (χ3n) is 4.57. The predicted octanol–water partition coefficient (Wildman–Crippen LogP) is 4.07. The van der Waals surface area contributed by atoms with E-state index in [1.54, 1.807) is 13.3 Å². The van der Waals surface area contributed by atoms with Crippen molar-refractivity contribution in [2.75, 3.05) is 7.05 Å². The van der Waals surface area contributed by atoms with E-state index < -0.39 is 0 Å². The van der Waals surface area contributed by atoms with Crippen LogP contribution < -0.4 is 10.6 Å². The largest absolute Gasteiger partial charge is 0.444 e. The molecule has 0 saturated carbocycles. The first-order chi connectivity index (χ1) is 14.8. The highest BCUT2D eigenvalue weighted by Crippen LogP contribution is 2.17. The number of halogens is 1. The van der Waals surface area contributed by atoms with Crippen molar-refractivity contribution in [3.8, 4) is 11.5 Å². The van der Waals surface area contributed by atoms with E-state index >= 15 is 0 Å². The van der Waals surface area contributed by atoms with Crippen LogP contribution in [0.2, 0.25) is 0 Å². The number of benzene rings is 2. The molecular weight excluding hydrogens is 503 g/mol. The lowest BCUT2D eigenvalue weighted by molar-refractivity contribution is 0.572. The molecule has 0 fully saturated rings. The normalized spacial score (nSPS) is 11.1. The molecule has 0 aliphatic rings. The lowest BCUT2D eigenvalue weighted by atomic mass is 10.2. The summed E-state index contributed by atoms with van der Waals surface area (Å²) in [6.07, 6.45) is 5.57. The number of aromatic nitrogens is 3. The average Bonchev–Trinajstić information content (AvgIpc) is 3.45. The number of oxazole rings is 1. The molecule has 7 nitrogen and oxygen atoms in total. The maximum Gasteiger partial charge on any atom is 0.226 e. The predicted molar refractivity (Wildman–Crippen MR) is 132 cm³/mol. The van der Waals surface area contributed by atoms with Gasteiger partial charge in [0, 0.05) is 30.9 Å². The van der Waals surface area contributed by atoms with Crippen molar-refractivity contribution in [2.24, 2.45) is 4.99 Å². The van der Waals surface area contributed by atoms with Gasteiger partial charge in [0.2, 0.25) is 5.89 Å². The van der Waals surface area contributed by atoms with Gasteiger partial charge in [-0.3, -0.25) is 9.67 Å². The van der Waals surface area contributed by atoms with Gasteiger partial charge >= 0.3 is 0 Å². The summed E-state index contributed by atoms with van der Waals surface area (Å²) in [6.45, 7) is 1.90. The second-order valence-corrected chi connectivity index (χ2v) is 6.82. The van der Waals surface area contributed by atoms with Gasteiger partial charge in [-0.25, -0.2) is 4.98 Å². The Morgan fingerprint density at radius 3 is 2.42 bits per heavy atom. The molecule has 2 aromatic carbocycles. The van der Waals surface area contributed by atoms with E-state index in [-0.39, 0.29) is 24.0 Å². The number of nitrogens with zero attached hydrogens (tertiary/aromatic N) is 4. The first-order valence-electron chi connectivity index (χ1n) is 9.80. The fourth-order valence-corrected chi connectivity index (χ4v) is 3.04. The molecule has 160 valence electrons. The topological polar surface area (TPSA) is 80.3 Å². The summed E-state index contributed by atoms with van der Waals surface area (Å²) in [5, 5.41) is 11.0. The number of hydrogen-bond acceptors (Lipinski definition) is 4. The average molecular weight is 528 g/mol. The molecule has 0 atom stereocenters. The molecule has 8 heteroatoms. The minimum atomic E-state index is 0. The molecule has 0 spiro atoms. The molecule has 0 radical (unpaired) electrons. The Morgan fingerprint density at radius 1 is 0.968 bits per heavy atom. The Hall–Kier alpha value is -3.14. The summed E-state index contributed by atoms with van der Waals surface area (Å²) in [5.74, 6) is 1.30. The van der Waals surface area contributed by atoms with Gasteiger partial charge in [0.1, 0.15) is 6.26 Å². The van der Waals surface area contributed by atoms with Crippen LogP contribution in [0.4, 0.5) is 0 Å². The molecule has 0 amide bonds. The lowest BCUT2D eigenvalue weighted by Crippen LogP contribution is -2.36. The van der Waals surface area contributed by atoms with Crippen molar-refractivity contribution in [3.05, 3.63) is 96.1 Å². The van der Waals surface area contributed by atoms with Crippen molar-refractivity contribution in [1.29, 1.82) is 0 Å². The van der Waals surface area contributed by atoms with Gasteiger partial charge in [-0.15, -0.1) is 24.0 Å². The van der Waals surface area contributed by atoms with Gasteiger partial charge in [0.15, 0.2) is 5.96 Å². The summed E-state index contributed by atoms with van der Waals surface area (Å²) < 4.78 is 7.51. The van der Waals surface area contributed by atoms with Gasteiger partial charge in [-0.05, 0) is 17.7 Å². The lowest BCUT2D eigenvalue weighted by Gasteiger charge is -2.09. The Bertz CT molecular complexity index is 1090. The molecule has 4 rings (SSSR count). The smallest absolute Gasteiger partial charge is 0.226 e.